The lowest BCUT2D eigenvalue weighted by Gasteiger charge is -2.10. The second-order valence-electron chi connectivity index (χ2n) is 4.55. The summed E-state index contributed by atoms with van der Waals surface area (Å²) in [5.41, 5.74) is 0.111. The predicted molar refractivity (Wildman–Crippen MR) is 91.4 cm³/mol. The first kappa shape index (κ1) is 15.9. The molecule has 0 amide bonds. The Bertz CT molecular complexity index is 911. The standard InChI is InChI=1S/C16H9Cl3N2O2/c17-10-6-7-12(18)13(8-10)23-14-9-20-21(16(22)15(14)19)11-4-2-1-3-5-11/h1-9H. The second-order valence-corrected chi connectivity index (χ2v) is 5.77. The molecule has 0 aliphatic rings. The quantitative estimate of drug-likeness (QED) is 0.655. The maximum Gasteiger partial charge on any atom is 0.294 e. The van der Waals surface area contributed by atoms with E-state index in [9.17, 15) is 4.79 Å². The highest BCUT2D eigenvalue weighted by molar-refractivity contribution is 6.34. The van der Waals surface area contributed by atoms with E-state index in [0.717, 1.165) is 0 Å². The first-order valence-corrected chi connectivity index (χ1v) is 7.66. The van der Waals surface area contributed by atoms with Gasteiger partial charge in [-0.15, -0.1) is 0 Å². The van der Waals surface area contributed by atoms with E-state index in [4.69, 9.17) is 39.5 Å². The fraction of sp³-hybridized carbons (Fsp3) is 0. The lowest BCUT2D eigenvalue weighted by atomic mass is 10.3. The molecule has 0 saturated heterocycles. The third-order valence-corrected chi connectivity index (χ3v) is 3.90. The number of hydrogen-bond acceptors (Lipinski definition) is 3. The highest BCUT2D eigenvalue weighted by Gasteiger charge is 2.14. The Hall–Kier alpha value is -2.01. The minimum Gasteiger partial charge on any atom is -0.452 e. The van der Waals surface area contributed by atoms with Gasteiger partial charge in [0.2, 0.25) is 0 Å². The molecule has 0 aliphatic heterocycles. The Labute approximate surface area is 146 Å². The summed E-state index contributed by atoms with van der Waals surface area (Å²) in [4.78, 5) is 12.4. The summed E-state index contributed by atoms with van der Waals surface area (Å²) in [6.45, 7) is 0. The van der Waals surface area contributed by atoms with Crippen molar-refractivity contribution >= 4 is 34.8 Å². The molecule has 1 aromatic heterocycles. The Kier molecular flexibility index (Phi) is 4.57. The molecule has 0 radical (unpaired) electrons. The smallest absolute Gasteiger partial charge is 0.294 e. The van der Waals surface area contributed by atoms with Gasteiger partial charge in [-0.1, -0.05) is 53.0 Å². The second kappa shape index (κ2) is 6.62. The van der Waals surface area contributed by atoms with Crippen LogP contribution in [0.15, 0.2) is 59.5 Å². The van der Waals surface area contributed by atoms with Crippen LogP contribution < -0.4 is 10.3 Å². The number of para-hydroxylation sites is 1. The zero-order valence-electron chi connectivity index (χ0n) is 11.5. The molecule has 0 unspecified atom stereocenters. The number of benzene rings is 2. The molecule has 0 spiro atoms. The van der Waals surface area contributed by atoms with Crippen molar-refractivity contribution in [3.63, 3.8) is 0 Å². The van der Waals surface area contributed by atoms with E-state index in [0.29, 0.717) is 21.5 Å². The fourth-order valence-corrected chi connectivity index (χ4v) is 2.40. The Morgan fingerprint density at radius 3 is 2.43 bits per heavy atom. The molecule has 0 fully saturated rings. The van der Waals surface area contributed by atoms with Gasteiger partial charge in [0.15, 0.2) is 10.8 Å². The molecular weight excluding hydrogens is 359 g/mol. The third kappa shape index (κ3) is 3.34. The van der Waals surface area contributed by atoms with Gasteiger partial charge in [-0.05, 0) is 24.3 Å². The maximum atomic E-state index is 12.4. The van der Waals surface area contributed by atoms with Crippen LogP contribution in [0.5, 0.6) is 11.5 Å². The van der Waals surface area contributed by atoms with Crippen LogP contribution in [0, 0.1) is 0 Å². The largest absolute Gasteiger partial charge is 0.452 e. The highest BCUT2D eigenvalue weighted by atomic mass is 35.5. The average Bonchev–Trinajstić information content (AvgIpc) is 2.56. The van der Waals surface area contributed by atoms with Gasteiger partial charge >= 0.3 is 0 Å². The first-order chi connectivity index (χ1) is 11.1. The molecule has 7 heteroatoms. The topological polar surface area (TPSA) is 44.1 Å². The van der Waals surface area contributed by atoms with E-state index in [1.165, 1.54) is 16.9 Å². The van der Waals surface area contributed by atoms with Crippen molar-refractivity contribution in [3.8, 4) is 17.2 Å². The molecule has 0 saturated carbocycles. The molecule has 0 N–H and O–H groups in total. The SMILES string of the molecule is O=c1c(Cl)c(Oc2cc(Cl)ccc2Cl)cnn1-c1ccccc1. The van der Waals surface area contributed by atoms with Crippen molar-refractivity contribution in [2.75, 3.05) is 0 Å². The maximum absolute atomic E-state index is 12.4. The summed E-state index contributed by atoms with van der Waals surface area (Å²) in [5, 5.41) is 4.77. The minimum absolute atomic E-state index is 0.0973. The van der Waals surface area contributed by atoms with E-state index in [1.807, 2.05) is 6.07 Å². The Balaban J connectivity index is 2.01. The van der Waals surface area contributed by atoms with Gasteiger partial charge in [0.25, 0.3) is 5.56 Å². The molecular formula is C16H9Cl3N2O2. The number of nitrogens with zero attached hydrogens (tertiary/aromatic N) is 2. The summed E-state index contributed by atoms with van der Waals surface area (Å²) in [6.07, 6.45) is 1.36. The van der Waals surface area contributed by atoms with Crippen LogP contribution in [0.25, 0.3) is 5.69 Å². The van der Waals surface area contributed by atoms with E-state index in [-0.39, 0.29) is 10.8 Å². The van der Waals surface area contributed by atoms with Gasteiger partial charge in [-0.2, -0.15) is 9.78 Å². The molecule has 4 nitrogen and oxygen atoms in total. The fourth-order valence-electron chi connectivity index (χ4n) is 1.92. The van der Waals surface area contributed by atoms with E-state index >= 15 is 0 Å². The lowest BCUT2D eigenvalue weighted by Crippen LogP contribution is -2.21. The van der Waals surface area contributed by atoms with Gasteiger partial charge < -0.3 is 4.74 Å². The number of hydrogen-bond donors (Lipinski definition) is 0. The van der Waals surface area contributed by atoms with Crippen molar-refractivity contribution in [2.24, 2.45) is 0 Å². The minimum atomic E-state index is -0.492. The summed E-state index contributed by atoms with van der Waals surface area (Å²) in [6, 6.07) is 13.7. The summed E-state index contributed by atoms with van der Waals surface area (Å²) >= 11 is 18.1. The zero-order valence-corrected chi connectivity index (χ0v) is 13.8. The molecule has 23 heavy (non-hydrogen) atoms. The highest BCUT2D eigenvalue weighted by Crippen LogP contribution is 2.33. The van der Waals surface area contributed by atoms with Crippen molar-refractivity contribution in [2.45, 2.75) is 0 Å². The van der Waals surface area contributed by atoms with Crippen molar-refractivity contribution in [1.29, 1.82) is 0 Å². The van der Waals surface area contributed by atoms with E-state index in [2.05, 4.69) is 5.10 Å². The molecule has 2 aromatic carbocycles. The van der Waals surface area contributed by atoms with Crippen LogP contribution >= 0.6 is 34.8 Å². The van der Waals surface area contributed by atoms with Gasteiger partial charge in [0, 0.05) is 11.1 Å². The zero-order chi connectivity index (χ0) is 16.4. The average molecular weight is 368 g/mol. The lowest BCUT2D eigenvalue weighted by molar-refractivity contribution is 0.475. The third-order valence-electron chi connectivity index (χ3n) is 3.00. The van der Waals surface area contributed by atoms with Gasteiger partial charge in [-0.3, -0.25) is 4.79 Å². The van der Waals surface area contributed by atoms with Gasteiger partial charge in [0.05, 0.1) is 16.9 Å². The van der Waals surface area contributed by atoms with Crippen LogP contribution in [-0.4, -0.2) is 9.78 Å². The first-order valence-electron chi connectivity index (χ1n) is 6.52. The molecule has 0 bridgehead atoms. The Morgan fingerprint density at radius 1 is 0.957 bits per heavy atom. The molecule has 1 heterocycles. The molecule has 0 atom stereocenters. The van der Waals surface area contributed by atoms with Crippen molar-refractivity contribution in [3.05, 3.63) is 80.1 Å². The number of ether oxygens (including phenoxy) is 1. The van der Waals surface area contributed by atoms with E-state index in [1.54, 1.807) is 36.4 Å². The number of halogens is 3. The van der Waals surface area contributed by atoms with Crippen LogP contribution in [-0.2, 0) is 0 Å². The predicted octanol–water partition coefficient (Wildman–Crippen LogP) is 4.99. The van der Waals surface area contributed by atoms with Crippen molar-refractivity contribution < 1.29 is 4.74 Å². The summed E-state index contributed by atoms with van der Waals surface area (Å²) < 4.78 is 6.76. The normalized spacial score (nSPS) is 10.6. The van der Waals surface area contributed by atoms with Gasteiger partial charge in [0.1, 0.15) is 5.75 Å². The van der Waals surface area contributed by atoms with E-state index < -0.39 is 5.56 Å². The molecule has 3 rings (SSSR count). The summed E-state index contributed by atoms with van der Waals surface area (Å²) in [5.74, 6) is 0.396. The van der Waals surface area contributed by atoms with Crippen LogP contribution in [0.1, 0.15) is 0 Å². The van der Waals surface area contributed by atoms with Crippen LogP contribution in [0.4, 0.5) is 0 Å². The monoisotopic (exact) mass is 366 g/mol. The van der Waals surface area contributed by atoms with Crippen molar-refractivity contribution in [1.82, 2.24) is 9.78 Å². The molecule has 0 aliphatic carbocycles. The summed E-state index contributed by atoms with van der Waals surface area (Å²) in [7, 11) is 0. The number of rotatable bonds is 3. The molecule has 3 aromatic rings. The molecule has 116 valence electrons. The van der Waals surface area contributed by atoms with Crippen LogP contribution in [0.2, 0.25) is 15.1 Å². The Morgan fingerprint density at radius 2 is 1.70 bits per heavy atom. The van der Waals surface area contributed by atoms with Gasteiger partial charge in [-0.25, -0.2) is 0 Å². The number of aromatic nitrogens is 2. The van der Waals surface area contributed by atoms with Crippen LogP contribution in [0.3, 0.4) is 0 Å².